The van der Waals surface area contributed by atoms with Gasteiger partial charge in [-0.15, -0.1) is 0 Å². The first kappa shape index (κ1) is 20.3. The molecule has 0 radical (unpaired) electrons. The van der Waals surface area contributed by atoms with Crippen LogP contribution in [0.15, 0.2) is 63.7 Å². The summed E-state index contributed by atoms with van der Waals surface area (Å²) in [5.41, 5.74) is 2.60. The molecule has 0 N–H and O–H groups in total. The number of fused-ring (bicyclic) bond motifs is 1. The molecule has 0 aliphatic carbocycles. The zero-order chi connectivity index (χ0) is 21.8. The van der Waals surface area contributed by atoms with Crippen LogP contribution in [0.3, 0.4) is 0 Å². The number of amides is 1. The molecular formula is C23H21N3O5. The molecule has 8 heteroatoms. The zero-order valence-electron chi connectivity index (χ0n) is 17.2. The first-order valence-electron chi connectivity index (χ1n) is 9.77. The summed E-state index contributed by atoms with van der Waals surface area (Å²) in [5, 5.41) is 4.52. The number of hydrogen-bond acceptors (Lipinski definition) is 7. The number of nitrogens with zero attached hydrogens (tertiary/aromatic N) is 3. The SMILES string of the molecule is COC(=O)CCN(Cc1ccccc1)C(=O)c1cc(-c2ccco2)nc2onc(C)c12. The molecular weight excluding hydrogens is 398 g/mol. The number of pyridine rings is 1. The van der Waals surface area contributed by atoms with Crippen LogP contribution in [0.25, 0.3) is 22.6 Å². The fourth-order valence-corrected chi connectivity index (χ4v) is 3.37. The van der Waals surface area contributed by atoms with E-state index < -0.39 is 0 Å². The van der Waals surface area contributed by atoms with Crippen LogP contribution in [0.1, 0.15) is 28.0 Å². The molecule has 0 spiro atoms. The average molecular weight is 419 g/mol. The Morgan fingerprint density at radius 3 is 2.65 bits per heavy atom. The Labute approximate surface area is 178 Å². The number of hydrogen-bond donors (Lipinski definition) is 0. The lowest BCUT2D eigenvalue weighted by Crippen LogP contribution is -2.33. The lowest BCUT2D eigenvalue weighted by Gasteiger charge is -2.23. The van der Waals surface area contributed by atoms with Gasteiger partial charge in [-0.25, -0.2) is 4.98 Å². The van der Waals surface area contributed by atoms with Crippen molar-refractivity contribution in [3.05, 3.63) is 71.6 Å². The normalized spacial score (nSPS) is 10.9. The Hall–Kier alpha value is -3.94. The van der Waals surface area contributed by atoms with E-state index in [1.807, 2.05) is 30.3 Å². The third-order valence-corrected chi connectivity index (χ3v) is 4.94. The molecule has 0 aliphatic rings. The lowest BCUT2D eigenvalue weighted by atomic mass is 10.1. The Balaban J connectivity index is 1.76. The molecule has 0 saturated heterocycles. The first-order chi connectivity index (χ1) is 15.1. The van der Waals surface area contributed by atoms with Crippen LogP contribution < -0.4 is 0 Å². The van der Waals surface area contributed by atoms with Gasteiger partial charge in [0.2, 0.25) is 0 Å². The topological polar surface area (TPSA) is 98.7 Å². The minimum absolute atomic E-state index is 0.0803. The third kappa shape index (κ3) is 4.32. The number of aromatic nitrogens is 2. The van der Waals surface area contributed by atoms with Crippen LogP contribution in [0.2, 0.25) is 0 Å². The standard InChI is InChI=1S/C23H21N3O5/c1-15-21-17(13-18(19-9-6-12-30-19)24-22(21)31-25-15)23(28)26(11-10-20(27)29-2)14-16-7-4-3-5-8-16/h3-9,12-13H,10-11,14H2,1-2H3. The van der Waals surface area contributed by atoms with Gasteiger partial charge in [0.1, 0.15) is 5.69 Å². The Morgan fingerprint density at radius 2 is 1.94 bits per heavy atom. The number of benzene rings is 1. The number of carbonyl (C=O) groups excluding carboxylic acids is 2. The molecule has 3 aromatic heterocycles. The highest BCUT2D eigenvalue weighted by atomic mass is 16.5. The third-order valence-electron chi connectivity index (χ3n) is 4.94. The number of carbonyl (C=O) groups is 2. The van der Waals surface area contributed by atoms with Crippen LogP contribution in [-0.2, 0) is 16.1 Å². The molecule has 0 aliphatic heterocycles. The van der Waals surface area contributed by atoms with Gasteiger partial charge in [-0.05, 0) is 30.7 Å². The van der Waals surface area contributed by atoms with E-state index in [2.05, 4.69) is 10.1 Å². The van der Waals surface area contributed by atoms with Crippen molar-refractivity contribution < 1.29 is 23.3 Å². The summed E-state index contributed by atoms with van der Waals surface area (Å²) >= 11 is 0. The Morgan fingerprint density at radius 1 is 1.13 bits per heavy atom. The fraction of sp³-hybridized carbons (Fsp3) is 0.217. The Bertz CT molecular complexity index is 1200. The highest BCUT2D eigenvalue weighted by Crippen LogP contribution is 2.28. The fourth-order valence-electron chi connectivity index (χ4n) is 3.37. The highest BCUT2D eigenvalue weighted by Gasteiger charge is 2.25. The number of furan rings is 1. The summed E-state index contributed by atoms with van der Waals surface area (Å²) in [6, 6.07) is 14.7. The van der Waals surface area contributed by atoms with Crippen molar-refractivity contribution in [2.75, 3.05) is 13.7 Å². The number of esters is 1. The molecule has 1 aromatic carbocycles. The van der Waals surface area contributed by atoms with E-state index in [1.54, 1.807) is 30.0 Å². The van der Waals surface area contributed by atoms with E-state index in [1.165, 1.54) is 13.4 Å². The molecule has 1 amide bonds. The van der Waals surface area contributed by atoms with E-state index in [9.17, 15) is 9.59 Å². The second-order valence-electron chi connectivity index (χ2n) is 7.02. The lowest BCUT2D eigenvalue weighted by molar-refractivity contribution is -0.140. The second-order valence-corrected chi connectivity index (χ2v) is 7.02. The van der Waals surface area contributed by atoms with E-state index >= 15 is 0 Å². The summed E-state index contributed by atoms with van der Waals surface area (Å²) in [5.74, 6) is -0.142. The second kappa shape index (κ2) is 8.83. The van der Waals surface area contributed by atoms with Crippen molar-refractivity contribution in [2.24, 2.45) is 0 Å². The van der Waals surface area contributed by atoms with Crippen molar-refractivity contribution in [1.29, 1.82) is 0 Å². The average Bonchev–Trinajstić information content (AvgIpc) is 3.46. The van der Waals surface area contributed by atoms with Crippen molar-refractivity contribution >= 4 is 23.0 Å². The van der Waals surface area contributed by atoms with Crippen molar-refractivity contribution in [2.45, 2.75) is 19.9 Å². The van der Waals surface area contributed by atoms with Crippen LogP contribution in [0.4, 0.5) is 0 Å². The molecule has 0 bridgehead atoms. The first-order valence-corrected chi connectivity index (χ1v) is 9.77. The monoisotopic (exact) mass is 419 g/mol. The summed E-state index contributed by atoms with van der Waals surface area (Å²) < 4.78 is 15.6. The molecule has 0 fully saturated rings. The van der Waals surface area contributed by atoms with E-state index in [0.717, 1.165) is 5.56 Å². The number of ether oxygens (including phenoxy) is 1. The van der Waals surface area contributed by atoms with Gasteiger partial charge in [-0.2, -0.15) is 0 Å². The molecule has 158 valence electrons. The quantitative estimate of drug-likeness (QED) is 0.418. The summed E-state index contributed by atoms with van der Waals surface area (Å²) in [6.07, 6.45) is 1.61. The van der Waals surface area contributed by atoms with E-state index in [-0.39, 0.29) is 30.6 Å². The van der Waals surface area contributed by atoms with Crippen LogP contribution in [0, 0.1) is 6.92 Å². The maximum absolute atomic E-state index is 13.7. The summed E-state index contributed by atoms with van der Waals surface area (Å²) in [7, 11) is 1.33. The molecule has 8 nitrogen and oxygen atoms in total. The smallest absolute Gasteiger partial charge is 0.307 e. The van der Waals surface area contributed by atoms with Gasteiger partial charge in [0, 0.05) is 13.1 Å². The van der Waals surface area contributed by atoms with Gasteiger partial charge in [0.25, 0.3) is 11.6 Å². The van der Waals surface area contributed by atoms with Gasteiger partial charge in [0.05, 0.1) is 36.4 Å². The molecule has 31 heavy (non-hydrogen) atoms. The number of rotatable bonds is 7. The minimum atomic E-state index is -0.386. The van der Waals surface area contributed by atoms with Crippen molar-refractivity contribution in [3.8, 4) is 11.5 Å². The van der Waals surface area contributed by atoms with Gasteiger partial charge < -0.3 is 18.6 Å². The van der Waals surface area contributed by atoms with Crippen LogP contribution >= 0.6 is 0 Å². The van der Waals surface area contributed by atoms with Crippen LogP contribution in [0.5, 0.6) is 0 Å². The predicted molar refractivity (Wildman–Crippen MR) is 112 cm³/mol. The molecule has 4 aromatic rings. The van der Waals surface area contributed by atoms with Crippen molar-refractivity contribution in [1.82, 2.24) is 15.0 Å². The van der Waals surface area contributed by atoms with Gasteiger partial charge >= 0.3 is 5.97 Å². The van der Waals surface area contributed by atoms with E-state index in [0.29, 0.717) is 34.6 Å². The molecule has 0 atom stereocenters. The minimum Gasteiger partial charge on any atom is -0.469 e. The van der Waals surface area contributed by atoms with Gasteiger partial charge in [0.15, 0.2) is 5.76 Å². The number of methoxy groups -OCH3 is 1. The predicted octanol–water partition coefficient (Wildman–Crippen LogP) is 4.00. The van der Waals surface area contributed by atoms with Crippen molar-refractivity contribution in [3.63, 3.8) is 0 Å². The van der Waals surface area contributed by atoms with Crippen LogP contribution in [-0.4, -0.2) is 40.6 Å². The van der Waals surface area contributed by atoms with Gasteiger partial charge in [-0.3, -0.25) is 9.59 Å². The summed E-state index contributed by atoms with van der Waals surface area (Å²) in [6.45, 7) is 2.29. The summed E-state index contributed by atoms with van der Waals surface area (Å²) in [4.78, 5) is 31.5. The van der Waals surface area contributed by atoms with E-state index in [4.69, 9.17) is 13.7 Å². The Kier molecular flexibility index (Phi) is 5.79. The molecule has 0 unspecified atom stereocenters. The molecule has 4 rings (SSSR count). The zero-order valence-corrected chi connectivity index (χ0v) is 17.2. The maximum Gasteiger partial charge on any atom is 0.307 e. The largest absolute Gasteiger partial charge is 0.469 e. The maximum atomic E-state index is 13.7. The molecule has 0 saturated carbocycles. The number of aryl methyl sites for hydroxylation is 1. The van der Waals surface area contributed by atoms with Gasteiger partial charge in [-0.1, -0.05) is 35.5 Å². The highest BCUT2D eigenvalue weighted by molar-refractivity contribution is 6.07. The molecule has 3 heterocycles.